The molecule has 6 heteroatoms. The van der Waals surface area contributed by atoms with E-state index in [0.717, 1.165) is 11.3 Å². The van der Waals surface area contributed by atoms with Crippen LogP contribution < -0.4 is 14.8 Å². The zero-order chi connectivity index (χ0) is 19.1. The van der Waals surface area contributed by atoms with Gasteiger partial charge in [-0.2, -0.15) is 0 Å². The summed E-state index contributed by atoms with van der Waals surface area (Å²) < 4.78 is 12.9. The number of hydrogen-bond donors (Lipinski definition) is 1. The van der Waals surface area contributed by atoms with Gasteiger partial charge in [0.2, 0.25) is 0 Å². The van der Waals surface area contributed by atoms with Gasteiger partial charge < -0.3 is 19.4 Å². The molecule has 0 aliphatic rings. The number of methoxy groups -OCH3 is 1. The molecule has 1 N–H and O–H groups in total. The maximum absolute atomic E-state index is 12.5. The molecule has 0 radical (unpaired) electrons. The molecule has 140 valence electrons. The summed E-state index contributed by atoms with van der Waals surface area (Å²) in [6.07, 6.45) is 5.39. The lowest BCUT2D eigenvalue weighted by Gasteiger charge is -2.18. The molecule has 1 unspecified atom stereocenters. The smallest absolute Gasteiger partial charge is 0.261 e. The van der Waals surface area contributed by atoms with Gasteiger partial charge in [0.25, 0.3) is 5.91 Å². The van der Waals surface area contributed by atoms with Gasteiger partial charge in [-0.3, -0.25) is 4.79 Å². The molecule has 0 bridgehead atoms. The molecule has 1 heterocycles. The SMILES string of the molecule is CCC(Oc1cccc(OC)c1)C(=O)NCc1ccc(-n2ccnc2)cc1. The van der Waals surface area contributed by atoms with Gasteiger partial charge in [-0.1, -0.05) is 25.1 Å². The first-order valence-electron chi connectivity index (χ1n) is 8.85. The number of nitrogens with zero attached hydrogens (tertiary/aromatic N) is 2. The van der Waals surface area contributed by atoms with E-state index in [4.69, 9.17) is 9.47 Å². The third-order valence-corrected chi connectivity index (χ3v) is 4.19. The van der Waals surface area contributed by atoms with Crippen molar-refractivity contribution in [3.8, 4) is 17.2 Å². The van der Waals surface area contributed by atoms with Crippen molar-refractivity contribution in [3.05, 3.63) is 72.8 Å². The van der Waals surface area contributed by atoms with Crippen molar-refractivity contribution in [2.75, 3.05) is 7.11 Å². The molecule has 0 saturated carbocycles. The number of rotatable bonds is 8. The average molecular weight is 365 g/mol. The number of benzene rings is 2. The number of carbonyl (C=O) groups excluding carboxylic acids is 1. The first-order chi connectivity index (χ1) is 13.2. The highest BCUT2D eigenvalue weighted by Gasteiger charge is 2.18. The molecule has 6 nitrogen and oxygen atoms in total. The molecule has 27 heavy (non-hydrogen) atoms. The van der Waals surface area contributed by atoms with E-state index in [9.17, 15) is 4.79 Å². The number of aromatic nitrogens is 2. The van der Waals surface area contributed by atoms with E-state index < -0.39 is 6.10 Å². The van der Waals surface area contributed by atoms with Crippen LogP contribution in [0.4, 0.5) is 0 Å². The van der Waals surface area contributed by atoms with E-state index in [0.29, 0.717) is 24.5 Å². The number of imidazole rings is 1. The van der Waals surface area contributed by atoms with Gasteiger partial charge >= 0.3 is 0 Å². The number of hydrogen-bond acceptors (Lipinski definition) is 4. The Morgan fingerprint density at radius 1 is 1.19 bits per heavy atom. The minimum Gasteiger partial charge on any atom is -0.497 e. The Balaban J connectivity index is 1.56. The first kappa shape index (κ1) is 18.5. The quantitative estimate of drug-likeness (QED) is 0.665. The molecule has 2 aromatic carbocycles. The highest BCUT2D eigenvalue weighted by atomic mass is 16.5. The first-order valence-corrected chi connectivity index (χ1v) is 8.85. The standard InChI is InChI=1S/C21H23N3O3/c1-3-20(27-19-6-4-5-18(13-19)26-2)21(25)23-14-16-7-9-17(10-8-16)24-12-11-22-15-24/h4-13,15,20H,3,14H2,1-2H3,(H,23,25). The zero-order valence-electron chi connectivity index (χ0n) is 15.5. The summed E-state index contributed by atoms with van der Waals surface area (Å²) in [7, 11) is 1.60. The van der Waals surface area contributed by atoms with Crippen LogP contribution in [0.25, 0.3) is 5.69 Å². The van der Waals surface area contributed by atoms with E-state index in [2.05, 4.69) is 10.3 Å². The lowest BCUT2D eigenvalue weighted by molar-refractivity contribution is -0.128. The fraction of sp³-hybridized carbons (Fsp3) is 0.238. The van der Waals surface area contributed by atoms with Gasteiger partial charge in [0, 0.05) is 30.7 Å². The lowest BCUT2D eigenvalue weighted by Crippen LogP contribution is -2.37. The Morgan fingerprint density at radius 2 is 1.96 bits per heavy atom. The topological polar surface area (TPSA) is 65.4 Å². The largest absolute Gasteiger partial charge is 0.497 e. The van der Waals surface area contributed by atoms with Crippen molar-refractivity contribution >= 4 is 5.91 Å². The van der Waals surface area contributed by atoms with Crippen molar-refractivity contribution in [2.24, 2.45) is 0 Å². The Morgan fingerprint density at radius 3 is 2.63 bits per heavy atom. The van der Waals surface area contributed by atoms with Crippen molar-refractivity contribution < 1.29 is 14.3 Å². The van der Waals surface area contributed by atoms with Crippen LogP contribution >= 0.6 is 0 Å². The van der Waals surface area contributed by atoms with Crippen molar-refractivity contribution in [1.82, 2.24) is 14.9 Å². The van der Waals surface area contributed by atoms with Crippen LogP contribution in [0, 0.1) is 0 Å². The van der Waals surface area contributed by atoms with E-state index in [1.807, 2.05) is 60.2 Å². The fourth-order valence-corrected chi connectivity index (χ4v) is 2.66. The van der Waals surface area contributed by atoms with E-state index in [-0.39, 0.29) is 5.91 Å². The molecule has 1 aromatic heterocycles. The second kappa shape index (κ2) is 8.89. The third-order valence-electron chi connectivity index (χ3n) is 4.19. The Labute approximate surface area is 158 Å². The summed E-state index contributed by atoms with van der Waals surface area (Å²) in [4.78, 5) is 16.5. The normalized spacial score (nSPS) is 11.6. The minimum absolute atomic E-state index is 0.140. The Kier molecular flexibility index (Phi) is 6.10. The van der Waals surface area contributed by atoms with Crippen molar-refractivity contribution in [2.45, 2.75) is 26.0 Å². The summed E-state index contributed by atoms with van der Waals surface area (Å²) in [6.45, 7) is 2.37. The molecule has 3 aromatic rings. The van der Waals surface area contributed by atoms with Crippen LogP contribution in [0.5, 0.6) is 11.5 Å². The van der Waals surface area contributed by atoms with E-state index in [1.165, 1.54) is 0 Å². The number of amides is 1. The third kappa shape index (κ3) is 4.88. The molecule has 0 saturated heterocycles. The average Bonchev–Trinajstić information content (AvgIpc) is 3.25. The maximum atomic E-state index is 12.5. The van der Waals surface area contributed by atoms with Gasteiger partial charge in [-0.25, -0.2) is 4.98 Å². The molecule has 0 fully saturated rings. The monoisotopic (exact) mass is 365 g/mol. The zero-order valence-corrected chi connectivity index (χ0v) is 15.5. The highest BCUT2D eigenvalue weighted by Crippen LogP contribution is 2.20. The highest BCUT2D eigenvalue weighted by molar-refractivity contribution is 5.81. The van der Waals surface area contributed by atoms with Gasteiger partial charge in [-0.15, -0.1) is 0 Å². The Bertz CT molecular complexity index is 861. The van der Waals surface area contributed by atoms with Crippen LogP contribution in [0.3, 0.4) is 0 Å². The minimum atomic E-state index is -0.553. The van der Waals surface area contributed by atoms with Crippen LogP contribution in [-0.4, -0.2) is 28.7 Å². The van der Waals surface area contributed by atoms with Crippen LogP contribution in [0.15, 0.2) is 67.3 Å². The summed E-state index contributed by atoms with van der Waals surface area (Å²) in [5.74, 6) is 1.17. The maximum Gasteiger partial charge on any atom is 0.261 e. The Hall–Kier alpha value is -3.28. The van der Waals surface area contributed by atoms with Crippen molar-refractivity contribution in [3.63, 3.8) is 0 Å². The summed E-state index contributed by atoms with van der Waals surface area (Å²) in [5, 5.41) is 2.94. The summed E-state index contributed by atoms with van der Waals surface area (Å²) in [5.41, 5.74) is 2.04. The molecule has 3 rings (SSSR count). The van der Waals surface area contributed by atoms with Crippen LogP contribution in [0.2, 0.25) is 0 Å². The van der Waals surface area contributed by atoms with Crippen molar-refractivity contribution in [1.29, 1.82) is 0 Å². The predicted molar refractivity (Wildman–Crippen MR) is 103 cm³/mol. The molecule has 0 spiro atoms. The lowest BCUT2D eigenvalue weighted by atomic mass is 10.2. The molecular weight excluding hydrogens is 342 g/mol. The summed E-state index contributed by atoms with van der Waals surface area (Å²) in [6, 6.07) is 15.2. The fourth-order valence-electron chi connectivity index (χ4n) is 2.66. The molecule has 1 atom stereocenters. The summed E-state index contributed by atoms with van der Waals surface area (Å²) >= 11 is 0. The van der Waals surface area contributed by atoms with Gasteiger partial charge in [0.15, 0.2) is 6.10 Å². The molecule has 1 amide bonds. The van der Waals surface area contributed by atoms with Gasteiger partial charge in [0.1, 0.15) is 11.5 Å². The van der Waals surface area contributed by atoms with Crippen LogP contribution in [-0.2, 0) is 11.3 Å². The van der Waals surface area contributed by atoms with Gasteiger partial charge in [0.05, 0.1) is 13.4 Å². The molecule has 0 aliphatic heterocycles. The van der Waals surface area contributed by atoms with E-state index in [1.54, 1.807) is 25.7 Å². The molecule has 0 aliphatic carbocycles. The number of nitrogens with one attached hydrogen (secondary N) is 1. The molecular formula is C21H23N3O3. The van der Waals surface area contributed by atoms with E-state index >= 15 is 0 Å². The number of ether oxygens (including phenoxy) is 2. The second-order valence-electron chi connectivity index (χ2n) is 6.05. The van der Waals surface area contributed by atoms with Gasteiger partial charge in [-0.05, 0) is 36.2 Å². The predicted octanol–water partition coefficient (Wildman–Crippen LogP) is 3.35. The second-order valence-corrected chi connectivity index (χ2v) is 6.05. The number of carbonyl (C=O) groups is 1. The van der Waals surface area contributed by atoms with Crippen LogP contribution in [0.1, 0.15) is 18.9 Å².